The summed E-state index contributed by atoms with van der Waals surface area (Å²) in [5.41, 5.74) is 1.33. The number of hydrogen-bond donors (Lipinski definition) is 2. The number of likely N-dealkylation sites (tertiary alicyclic amines) is 1. The molecule has 9 nitrogen and oxygen atoms in total. The normalized spacial score (nSPS) is 18.9. The fourth-order valence-electron chi connectivity index (χ4n) is 4.17. The molecule has 0 aromatic heterocycles. The molecule has 9 heteroatoms. The molecular formula is C25H36N4O5. The lowest BCUT2D eigenvalue weighted by molar-refractivity contribution is -0.151. The van der Waals surface area contributed by atoms with E-state index in [-0.39, 0.29) is 30.7 Å². The lowest BCUT2D eigenvalue weighted by Gasteiger charge is -2.34. The number of esters is 1. The molecule has 1 atom stereocenters. The van der Waals surface area contributed by atoms with Gasteiger partial charge in [0.05, 0.1) is 19.6 Å². The van der Waals surface area contributed by atoms with Crippen LogP contribution in [0.25, 0.3) is 0 Å². The second-order valence-electron chi connectivity index (χ2n) is 9.08. The van der Waals surface area contributed by atoms with Crippen molar-refractivity contribution in [3.8, 4) is 0 Å². The summed E-state index contributed by atoms with van der Waals surface area (Å²) in [5.74, 6) is -0.413. The first-order chi connectivity index (χ1) is 16.4. The second-order valence-corrected chi connectivity index (χ2v) is 9.08. The van der Waals surface area contributed by atoms with Gasteiger partial charge >= 0.3 is 5.97 Å². The molecule has 0 aliphatic carbocycles. The van der Waals surface area contributed by atoms with Crippen LogP contribution >= 0.6 is 0 Å². The van der Waals surface area contributed by atoms with E-state index in [0.29, 0.717) is 36.9 Å². The van der Waals surface area contributed by atoms with Gasteiger partial charge in [-0.15, -0.1) is 0 Å². The van der Waals surface area contributed by atoms with E-state index in [1.807, 2.05) is 11.8 Å². The minimum absolute atomic E-state index is 0.0219. The van der Waals surface area contributed by atoms with Crippen LogP contribution in [0, 0.1) is 5.92 Å². The Balaban J connectivity index is 1.52. The summed E-state index contributed by atoms with van der Waals surface area (Å²) in [6, 6.07) is 6.20. The minimum atomic E-state index is -0.871. The lowest BCUT2D eigenvalue weighted by Crippen LogP contribution is -2.58. The number of carbonyl (C=O) groups excluding carboxylic acids is 4. The number of amides is 3. The van der Waals surface area contributed by atoms with Crippen LogP contribution in [0.5, 0.6) is 0 Å². The predicted octanol–water partition coefficient (Wildman–Crippen LogP) is 2.03. The maximum Gasteiger partial charge on any atom is 0.308 e. The van der Waals surface area contributed by atoms with Gasteiger partial charge in [-0.05, 0) is 49.4 Å². The molecule has 186 valence electrons. The smallest absolute Gasteiger partial charge is 0.308 e. The number of benzene rings is 1. The van der Waals surface area contributed by atoms with Crippen molar-refractivity contribution in [3.05, 3.63) is 29.8 Å². The van der Waals surface area contributed by atoms with E-state index in [1.54, 1.807) is 24.3 Å². The maximum absolute atomic E-state index is 12.8. The summed E-state index contributed by atoms with van der Waals surface area (Å²) >= 11 is 0. The summed E-state index contributed by atoms with van der Waals surface area (Å²) in [4.78, 5) is 53.3. The zero-order chi connectivity index (χ0) is 24.5. The second kappa shape index (κ2) is 12.4. The van der Waals surface area contributed by atoms with Crippen molar-refractivity contribution in [2.24, 2.45) is 5.92 Å². The van der Waals surface area contributed by atoms with Crippen LogP contribution in [0.1, 0.15) is 56.3 Å². The first-order valence-corrected chi connectivity index (χ1v) is 12.2. The van der Waals surface area contributed by atoms with Crippen LogP contribution in [-0.4, -0.2) is 78.9 Å². The van der Waals surface area contributed by atoms with Crippen molar-refractivity contribution in [2.75, 3.05) is 44.6 Å². The van der Waals surface area contributed by atoms with Gasteiger partial charge in [-0.2, -0.15) is 0 Å². The van der Waals surface area contributed by atoms with Gasteiger partial charge in [0.1, 0.15) is 6.04 Å². The van der Waals surface area contributed by atoms with Gasteiger partial charge in [0.15, 0.2) is 0 Å². The van der Waals surface area contributed by atoms with Crippen LogP contribution in [-0.2, 0) is 19.1 Å². The van der Waals surface area contributed by atoms with E-state index >= 15 is 0 Å². The van der Waals surface area contributed by atoms with Gasteiger partial charge in [0.2, 0.25) is 11.8 Å². The van der Waals surface area contributed by atoms with Crippen molar-refractivity contribution < 1.29 is 23.9 Å². The predicted molar refractivity (Wildman–Crippen MR) is 128 cm³/mol. The molecule has 0 saturated carbocycles. The average Bonchev–Trinajstić information content (AvgIpc) is 2.84. The monoisotopic (exact) mass is 472 g/mol. The molecule has 2 fully saturated rings. The maximum atomic E-state index is 12.8. The van der Waals surface area contributed by atoms with Gasteiger partial charge in [-0.25, -0.2) is 0 Å². The number of carbonyl (C=O) groups is 4. The molecule has 1 aromatic rings. The van der Waals surface area contributed by atoms with E-state index < -0.39 is 12.0 Å². The van der Waals surface area contributed by atoms with E-state index in [0.717, 1.165) is 38.8 Å². The molecule has 34 heavy (non-hydrogen) atoms. The van der Waals surface area contributed by atoms with Crippen molar-refractivity contribution in [2.45, 2.75) is 52.0 Å². The van der Waals surface area contributed by atoms with E-state index in [2.05, 4.69) is 17.6 Å². The highest BCUT2D eigenvalue weighted by molar-refractivity contribution is 5.95. The van der Waals surface area contributed by atoms with Crippen LogP contribution in [0.3, 0.4) is 0 Å². The van der Waals surface area contributed by atoms with Crippen LogP contribution in [0.2, 0.25) is 0 Å². The molecule has 2 N–H and O–H groups in total. The zero-order valence-corrected chi connectivity index (χ0v) is 20.2. The van der Waals surface area contributed by atoms with Crippen molar-refractivity contribution in [1.82, 2.24) is 15.1 Å². The Bertz CT molecular complexity index is 865. The fourth-order valence-corrected chi connectivity index (χ4v) is 4.17. The molecular weight excluding hydrogens is 436 g/mol. The summed E-state index contributed by atoms with van der Waals surface area (Å²) in [5, 5.41) is 5.77. The third kappa shape index (κ3) is 6.95. The quantitative estimate of drug-likeness (QED) is 0.421. The Morgan fingerprint density at radius 3 is 2.50 bits per heavy atom. The fraction of sp³-hybridized carbons (Fsp3) is 0.600. The number of nitrogens with zero attached hydrogens (tertiary/aromatic N) is 2. The first-order valence-electron chi connectivity index (χ1n) is 12.2. The van der Waals surface area contributed by atoms with Gasteiger partial charge in [-0.1, -0.05) is 20.3 Å². The van der Waals surface area contributed by atoms with Gasteiger partial charge < -0.3 is 25.2 Å². The molecule has 1 unspecified atom stereocenters. The van der Waals surface area contributed by atoms with Crippen molar-refractivity contribution in [1.29, 1.82) is 0 Å². The topological polar surface area (TPSA) is 108 Å². The Labute approximate surface area is 201 Å². The molecule has 3 rings (SSSR count). The molecule has 2 heterocycles. The first kappa shape index (κ1) is 25.5. The van der Waals surface area contributed by atoms with Crippen LogP contribution in [0.15, 0.2) is 24.3 Å². The Morgan fingerprint density at radius 2 is 1.82 bits per heavy atom. The van der Waals surface area contributed by atoms with E-state index in [1.165, 1.54) is 4.90 Å². The molecule has 3 amide bonds. The summed E-state index contributed by atoms with van der Waals surface area (Å²) in [7, 11) is 0. The Morgan fingerprint density at radius 1 is 1.12 bits per heavy atom. The number of piperazine rings is 1. The van der Waals surface area contributed by atoms with Crippen molar-refractivity contribution >= 4 is 29.4 Å². The summed E-state index contributed by atoms with van der Waals surface area (Å²) in [6.07, 6.45) is 3.56. The number of anilines is 1. The zero-order valence-electron chi connectivity index (χ0n) is 20.2. The third-order valence-corrected chi connectivity index (χ3v) is 6.42. The largest absolute Gasteiger partial charge is 0.466 e. The molecule has 0 spiro atoms. The van der Waals surface area contributed by atoms with E-state index in [4.69, 9.17) is 4.74 Å². The highest BCUT2D eigenvalue weighted by atomic mass is 16.5. The SMILES string of the molecule is CCCCOC(=O)CC1C(=O)NCCN1C(=O)CNc1ccc(C(=O)N2CCC(C)CC2)cc1. The number of hydrogen-bond acceptors (Lipinski definition) is 6. The highest BCUT2D eigenvalue weighted by Gasteiger charge is 2.35. The van der Waals surface area contributed by atoms with Gasteiger partial charge in [0.25, 0.3) is 5.91 Å². The number of unbranched alkanes of at least 4 members (excludes halogenated alkanes) is 1. The lowest BCUT2D eigenvalue weighted by atomic mass is 9.98. The Hall–Kier alpha value is -3.10. The number of ether oxygens (including phenoxy) is 1. The number of rotatable bonds is 9. The minimum Gasteiger partial charge on any atom is -0.466 e. The number of nitrogens with one attached hydrogen (secondary N) is 2. The molecule has 2 aliphatic heterocycles. The Kier molecular flexibility index (Phi) is 9.30. The third-order valence-electron chi connectivity index (χ3n) is 6.42. The van der Waals surface area contributed by atoms with Crippen molar-refractivity contribution in [3.63, 3.8) is 0 Å². The summed E-state index contributed by atoms with van der Waals surface area (Å²) < 4.78 is 5.17. The molecule has 1 aromatic carbocycles. The average molecular weight is 473 g/mol. The number of piperidine rings is 1. The molecule has 0 bridgehead atoms. The highest BCUT2D eigenvalue weighted by Crippen LogP contribution is 2.19. The molecule has 2 saturated heterocycles. The standard InChI is InChI=1S/C25H36N4O5/c1-3-4-15-34-23(31)16-21-24(32)26-11-14-29(21)22(30)17-27-20-7-5-19(6-8-20)25(33)28-12-9-18(2)10-13-28/h5-8,18,21,27H,3-4,9-17H2,1-2H3,(H,26,32). The van der Waals surface area contributed by atoms with Gasteiger partial charge in [-0.3, -0.25) is 19.2 Å². The van der Waals surface area contributed by atoms with Crippen LogP contribution in [0.4, 0.5) is 5.69 Å². The molecule has 0 radical (unpaired) electrons. The van der Waals surface area contributed by atoms with Crippen LogP contribution < -0.4 is 10.6 Å². The summed E-state index contributed by atoms with van der Waals surface area (Å²) in [6.45, 7) is 6.74. The van der Waals surface area contributed by atoms with Gasteiger partial charge in [0, 0.05) is 37.4 Å². The van der Waals surface area contributed by atoms with E-state index in [9.17, 15) is 19.2 Å². The molecule has 2 aliphatic rings.